The van der Waals surface area contributed by atoms with Gasteiger partial charge in [-0.2, -0.15) is 4.68 Å². The minimum absolute atomic E-state index is 0.702. The molecule has 0 unspecified atom stereocenters. The molecule has 2 aromatic rings. The topological polar surface area (TPSA) is 46.8 Å². The van der Waals surface area contributed by atoms with Gasteiger partial charge in [-0.25, -0.2) is 0 Å². The van der Waals surface area contributed by atoms with Crippen molar-refractivity contribution >= 4 is 23.4 Å². The third kappa shape index (κ3) is 3.44. The van der Waals surface area contributed by atoms with Crippen LogP contribution in [-0.4, -0.2) is 51.5 Å². The van der Waals surface area contributed by atoms with Crippen LogP contribution in [-0.2, 0) is 0 Å². The number of thioether (sulfide) groups is 1. The van der Waals surface area contributed by atoms with Crippen molar-refractivity contribution in [3.05, 3.63) is 29.3 Å². The number of nitrogens with zero attached hydrogens (tertiary/aromatic N) is 5. The van der Waals surface area contributed by atoms with E-state index in [4.69, 9.17) is 11.6 Å². The van der Waals surface area contributed by atoms with Crippen LogP contribution in [0.1, 0.15) is 0 Å². The van der Waals surface area contributed by atoms with E-state index in [1.807, 2.05) is 38.4 Å². The zero-order chi connectivity index (χ0) is 13.0. The molecule has 0 fully saturated rings. The molecule has 7 heteroatoms. The average molecular weight is 284 g/mol. The SMILES string of the molecule is CN(C)CCSc1nnnn1-c1ccc(Cl)cc1. The van der Waals surface area contributed by atoms with Crippen LogP contribution in [0, 0.1) is 0 Å². The summed E-state index contributed by atoms with van der Waals surface area (Å²) in [6, 6.07) is 7.45. The van der Waals surface area contributed by atoms with E-state index in [-0.39, 0.29) is 0 Å². The molecule has 0 aliphatic rings. The summed E-state index contributed by atoms with van der Waals surface area (Å²) in [6.45, 7) is 0.984. The van der Waals surface area contributed by atoms with Crippen LogP contribution in [0.4, 0.5) is 0 Å². The zero-order valence-corrected chi connectivity index (χ0v) is 11.8. The Morgan fingerprint density at radius 1 is 1.28 bits per heavy atom. The quantitative estimate of drug-likeness (QED) is 0.785. The van der Waals surface area contributed by atoms with E-state index in [0.29, 0.717) is 5.02 Å². The number of hydrogen-bond acceptors (Lipinski definition) is 5. The lowest BCUT2D eigenvalue weighted by molar-refractivity contribution is 0.437. The molecular weight excluding hydrogens is 270 g/mol. The van der Waals surface area contributed by atoms with Crippen LogP contribution in [0.3, 0.4) is 0 Å². The van der Waals surface area contributed by atoms with Crippen molar-refractivity contribution in [2.24, 2.45) is 0 Å². The third-order valence-electron chi connectivity index (χ3n) is 2.28. The predicted octanol–water partition coefficient (Wildman–Crippen LogP) is 1.97. The summed E-state index contributed by atoms with van der Waals surface area (Å²) in [5, 5.41) is 13.2. The van der Waals surface area contributed by atoms with Crippen molar-refractivity contribution in [2.75, 3.05) is 26.4 Å². The molecule has 5 nitrogen and oxygen atoms in total. The van der Waals surface area contributed by atoms with Gasteiger partial charge in [-0.15, -0.1) is 5.10 Å². The number of benzene rings is 1. The van der Waals surface area contributed by atoms with Crippen molar-refractivity contribution < 1.29 is 0 Å². The molecule has 0 bridgehead atoms. The second-order valence-electron chi connectivity index (χ2n) is 4.00. The normalized spacial score (nSPS) is 11.1. The van der Waals surface area contributed by atoms with Crippen molar-refractivity contribution in [1.82, 2.24) is 25.1 Å². The Morgan fingerprint density at radius 2 is 2.00 bits per heavy atom. The van der Waals surface area contributed by atoms with Gasteiger partial charge in [-0.05, 0) is 48.8 Å². The number of aromatic nitrogens is 4. The minimum atomic E-state index is 0.702. The zero-order valence-electron chi connectivity index (χ0n) is 10.2. The molecule has 0 spiro atoms. The van der Waals surface area contributed by atoms with Crippen molar-refractivity contribution in [2.45, 2.75) is 5.16 Å². The van der Waals surface area contributed by atoms with Crippen LogP contribution in [0.15, 0.2) is 29.4 Å². The van der Waals surface area contributed by atoms with Crippen molar-refractivity contribution in [3.63, 3.8) is 0 Å². The Balaban J connectivity index is 2.10. The Kier molecular flexibility index (Phi) is 4.57. The highest BCUT2D eigenvalue weighted by Gasteiger charge is 2.08. The molecule has 1 aromatic heterocycles. The first-order valence-electron chi connectivity index (χ1n) is 5.48. The summed E-state index contributed by atoms with van der Waals surface area (Å²) in [6.07, 6.45) is 0. The number of tetrazole rings is 1. The van der Waals surface area contributed by atoms with Gasteiger partial charge < -0.3 is 4.90 Å². The van der Waals surface area contributed by atoms with Gasteiger partial charge in [-0.1, -0.05) is 23.4 Å². The molecule has 0 aliphatic heterocycles. The van der Waals surface area contributed by atoms with Gasteiger partial charge in [0.1, 0.15) is 0 Å². The van der Waals surface area contributed by atoms with Gasteiger partial charge in [0.2, 0.25) is 5.16 Å². The maximum Gasteiger partial charge on any atom is 0.214 e. The minimum Gasteiger partial charge on any atom is -0.309 e. The van der Waals surface area contributed by atoms with Crippen LogP contribution >= 0.6 is 23.4 Å². The summed E-state index contributed by atoms with van der Waals surface area (Å²) in [7, 11) is 4.09. The fourth-order valence-corrected chi connectivity index (χ4v) is 2.46. The maximum absolute atomic E-state index is 5.86. The second-order valence-corrected chi connectivity index (χ2v) is 5.50. The largest absolute Gasteiger partial charge is 0.309 e. The molecule has 0 N–H and O–H groups in total. The monoisotopic (exact) mass is 283 g/mol. The summed E-state index contributed by atoms with van der Waals surface area (Å²) in [5.74, 6) is 0.945. The molecule has 0 saturated carbocycles. The van der Waals surface area contributed by atoms with E-state index in [0.717, 1.165) is 23.1 Å². The summed E-state index contributed by atoms with van der Waals surface area (Å²) < 4.78 is 1.72. The van der Waals surface area contributed by atoms with E-state index in [2.05, 4.69) is 20.4 Å². The highest BCUT2D eigenvalue weighted by atomic mass is 35.5. The lowest BCUT2D eigenvalue weighted by Crippen LogP contribution is -2.15. The van der Waals surface area contributed by atoms with Crippen LogP contribution < -0.4 is 0 Å². The Labute approximate surface area is 115 Å². The lowest BCUT2D eigenvalue weighted by atomic mass is 10.3. The summed E-state index contributed by atoms with van der Waals surface area (Å²) >= 11 is 7.49. The second kappa shape index (κ2) is 6.17. The molecule has 96 valence electrons. The van der Waals surface area contributed by atoms with E-state index >= 15 is 0 Å². The fraction of sp³-hybridized carbons (Fsp3) is 0.364. The first-order valence-corrected chi connectivity index (χ1v) is 6.85. The smallest absolute Gasteiger partial charge is 0.214 e. The van der Waals surface area contributed by atoms with Gasteiger partial charge in [0.25, 0.3) is 0 Å². The highest BCUT2D eigenvalue weighted by Crippen LogP contribution is 2.19. The van der Waals surface area contributed by atoms with Gasteiger partial charge in [0.15, 0.2) is 0 Å². The molecule has 1 heterocycles. The molecule has 0 amide bonds. The Hall–Kier alpha value is -1.11. The van der Waals surface area contributed by atoms with Gasteiger partial charge in [-0.3, -0.25) is 0 Å². The van der Waals surface area contributed by atoms with Crippen LogP contribution in [0.5, 0.6) is 0 Å². The molecule has 18 heavy (non-hydrogen) atoms. The molecule has 0 atom stereocenters. The van der Waals surface area contributed by atoms with Crippen LogP contribution in [0.2, 0.25) is 5.02 Å². The first kappa shape index (κ1) is 13.3. The Morgan fingerprint density at radius 3 is 2.67 bits per heavy atom. The summed E-state index contributed by atoms with van der Waals surface area (Å²) in [5.41, 5.74) is 0.914. The predicted molar refractivity (Wildman–Crippen MR) is 73.4 cm³/mol. The third-order valence-corrected chi connectivity index (χ3v) is 3.43. The molecular formula is C11H14ClN5S. The number of rotatable bonds is 5. The van der Waals surface area contributed by atoms with E-state index in [1.165, 1.54) is 0 Å². The first-order chi connectivity index (χ1) is 8.66. The van der Waals surface area contributed by atoms with E-state index < -0.39 is 0 Å². The lowest BCUT2D eigenvalue weighted by Gasteiger charge is -2.08. The number of halogens is 1. The molecule has 1 aromatic carbocycles. The van der Waals surface area contributed by atoms with Gasteiger partial charge in [0, 0.05) is 17.3 Å². The van der Waals surface area contributed by atoms with E-state index in [1.54, 1.807) is 16.4 Å². The highest BCUT2D eigenvalue weighted by molar-refractivity contribution is 7.99. The molecule has 0 radical (unpaired) electrons. The number of hydrogen-bond donors (Lipinski definition) is 0. The molecule has 2 rings (SSSR count). The van der Waals surface area contributed by atoms with Gasteiger partial charge >= 0.3 is 0 Å². The molecule has 0 saturated heterocycles. The maximum atomic E-state index is 5.86. The van der Waals surface area contributed by atoms with Crippen molar-refractivity contribution in [3.8, 4) is 5.69 Å². The van der Waals surface area contributed by atoms with Crippen LogP contribution in [0.25, 0.3) is 5.69 Å². The summed E-state index contributed by atoms with van der Waals surface area (Å²) in [4.78, 5) is 2.13. The van der Waals surface area contributed by atoms with Crippen molar-refractivity contribution in [1.29, 1.82) is 0 Å². The standard InChI is InChI=1S/C11H14ClN5S/c1-16(2)7-8-18-11-13-14-15-17(11)10-5-3-9(12)4-6-10/h3-6H,7-8H2,1-2H3. The average Bonchev–Trinajstić information content (AvgIpc) is 2.78. The van der Waals surface area contributed by atoms with E-state index in [9.17, 15) is 0 Å². The molecule has 0 aliphatic carbocycles. The van der Waals surface area contributed by atoms with Gasteiger partial charge in [0.05, 0.1) is 5.69 Å². The fourth-order valence-electron chi connectivity index (χ4n) is 1.33. The Bertz CT molecular complexity index is 496.